The van der Waals surface area contributed by atoms with E-state index in [2.05, 4.69) is 4.74 Å². The lowest BCUT2D eigenvalue weighted by atomic mass is 10.0. The molecule has 156 valence electrons. The zero-order chi connectivity index (χ0) is 21.6. The summed E-state index contributed by atoms with van der Waals surface area (Å²) in [6, 6.07) is -3.99. The van der Waals surface area contributed by atoms with E-state index in [0.29, 0.717) is 0 Å². The minimum atomic E-state index is -7.71. The van der Waals surface area contributed by atoms with Crippen LogP contribution >= 0.6 is 0 Å². The monoisotopic (exact) mass is 430 g/mol. The second kappa shape index (κ2) is 6.54. The summed E-state index contributed by atoms with van der Waals surface area (Å²) in [5, 5.41) is 0. The standard InChI is InChI=1S/C9H2F16O/c10-2(3(11)26-1-4(12,13)8(20,21)22)5(14,15)6(16,17)7(18,19)9(23,24)25/h1H2. The highest BCUT2D eigenvalue weighted by Crippen LogP contribution is 2.55. The average Bonchev–Trinajstić information content (AvgIpc) is 2.40. The van der Waals surface area contributed by atoms with Gasteiger partial charge in [-0.15, -0.1) is 0 Å². The topological polar surface area (TPSA) is 9.23 Å². The zero-order valence-corrected chi connectivity index (χ0v) is 11.2. The first-order valence-corrected chi connectivity index (χ1v) is 5.37. The molecule has 0 fully saturated rings. The van der Waals surface area contributed by atoms with Crippen molar-refractivity contribution in [3.8, 4) is 0 Å². The quantitative estimate of drug-likeness (QED) is 0.384. The van der Waals surface area contributed by atoms with Crippen molar-refractivity contribution < 1.29 is 75.0 Å². The number of rotatable bonds is 6. The molecule has 0 atom stereocenters. The van der Waals surface area contributed by atoms with Crippen LogP contribution in [0.4, 0.5) is 70.2 Å². The van der Waals surface area contributed by atoms with Gasteiger partial charge in [-0.05, 0) is 0 Å². The Balaban J connectivity index is 5.81. The minimum absolute atomic E-state index is 2.50. The third-order valence-corrected chi connectivity index (χ3v) is 2.39. The van der Waals surface area contributed by atoms with Crippen LogP contribution in [0.2, 0.25) is 0 Å². The van der Waals surface area contributed by atoms with Crippen molar-refractivity contribution in [3.05, 3.63) is 11.8 Å². The first kappa shape index (κ1) is 24.4. The molecule has 0 bridgehead atoms. The third kappa shape index (κ3) is 4.05. The van der Waals surface area contributed by atoms with E-state index in [1.807, 2.05) is 0 Å². The van der Waals surface area contributed by atoms with Gasteiger partial charge in [0, 0.05) is 0 Å². The van der Waals surface area contributed by atoms with Crippen LogP contribution in [-0.2, 0) is 4.74 Å². The van der Waals surface area contributed by atoms with Gasteiger partial charge in [-0.1, -0.05) is 0 Å². The fourth-order valence-electron chi connectivity index (χ4n) is 0.936. The number of allylic oxidation sites excluding steroid dienone is 1. The van der Waals surface area contributed by atoms with Crippen LogP contribution in [-0.4, -0.2) is 42.6 Å². The summed E-state index contributed by atoms with van der Waals surface area (Å²) in [5.41, 5.74) is 0. The van der Waals surface area contributed by atoms with Crippen LogP contribution in [0.5, 0.6) is 0 Å². The highest BCUT2D eigenvalue weighted by Gasteiger charge is 2.83. The summed E-state index contributed by atoms with van der Waals surface area (Å²) in [4.78, 5) is 0. The Morgan fingerprint density at radius 3 is 1.27 bits per heavy atom. The largest absolute Gasteiger partial charge is 0.462 e. The fourth-order valence-corrected chi connectivity index (χ4v) is 0.936. The van der Waals surface area contributed by atoms with Gasteiger partial charge < -0.3 is 4.74 Å². The van der Waals surface area contributed by atoms with Crippen molar-refractivity contribution in [3.63, 3.8) is 0 Å². The maximum Gasteiger partial charge on any atom is 0.460 e. The molecule has 0 rings (SSSR count). The molecule has 0 amide bonds. The number of alkyl halides is 14. The van der Waals surface area contributed by atoms with Gasteiger partial charge in [0.15, 0.2) is 6.61 Å². The molecule has 0 unspecified atom stereocenters. The highest BCUT2D eigenvalue weighted by atomic mass is 19.4. The molecule has 0 aliphatic rings. The normalized spacial score (nSPS) is 16.5. The van der Waals surface area contributed by atoms with Crippen molar-refractivity contribution >= 4 is 0 Å². The molecule has 0 spiro atoms. The van der Waals surface area contributed by atoms with Crippen LogP contribution < -0.4 is 0 Å². The Morgan fingerprint density at radius 1 is 0.577 bits per heavy atom. The zero-order valence-electron chi connectivity index (χ0n) is 11.2. The van der Waals surface area contributed by atoms with E-state index >= 15 is 0 Å². The summed E-state index contributed by atoms with van der Waals surface area (Å²) >= 11 is 0. The summed E-state index contributed by atoms with van der Waals surface area (Å²) in [6.07, 6.45) is -13.9. The predicted octanol–water partition coefficient (Wildman–Crippen LogP) is 5.78. The molecule has 0 radical (unpaired) electrons. The second-order valence-electron chi connectivity index (χ2n) is 4.30. The average molecular weight is 430 g/mol. The highest BCUT2D eigenvalue weighted by molar-refractivity contribution is 5.16. The summed E-state index contributed by atoms with van der Waals surface area (Å²) in [5.74, 6) is -33.3. The van der Waals surface area contributed by atoms with E-state index in [9.17, 15) is 70.2 Å². The Kier molecular flexibility index (Phi) is 6.14. The van der Waals surface area contributed by atoms with Crippen LogP contribution in [0.15, 0.2) is 11.8 Å². The third-order valence-electron chi connectivity index (χ3n) is 2.39. The summed E-state index contributed by atoms with van der Waals surface area (Å²) in [7, 11) is 0. The first-order valence-electron chi connectivity index (χ1n) is 5.37. The molecule has 26 heavy (non-hydrogen) atoms. The molecule has 0 aromatic heterocycles. The lowest BCUT2D eigenvalue weighted by Gasteiger charge is -2.32. The molecule has 0 heterocycles. The lowest BCUT2D eigenvalue weighted by Crippen LogP contribution is -2.61. The van der Waals surface area contributed by atoms with Crippen LogP contribution in [0, 0.1) is 0 Å². The smallest absolute Gasteiger partial charge is 0.460 e. The summed E-state index contributed by atoms with van der Waals surface area (Å²) in [6.45, 7) is -3.31. The summed E-state index contributed by atoms with van der Waals surface area (Å²) < 4.78 is 198. The number of ether oxygens (including phenoxy) is 1. The molecule has 0 aliphatic heterocycles. The minimum Gasteiger partial charge on any atom is -0.462 e. The van der Waals surface area contributed by atoms with Gasteiger partial charge in [-0.25, -0.2) is 0 Å². The van der Waals surface area contributed by atoms with Crippen molar-refractivity contribution in [2.24, 2.45) is 0 Å². The molecular weight excluding hydrogens is 428 g/mol. The van der Waals surface area contributed by atoms with Gasteiger partial charge in [0.2, 0.25) is 5.83 Å². The fraction of sp³-hybridized carbons (Fsp3) is 0.778. The Morgan fingerprint density at radius 2 is 0.962 bits per heavy atom. The second-order valence-corrected chi connectivity index (χ2v) is 4.30. The molecule has 0 aromatic rings. The Labute approximate surface area is 131 Å². The maximum absolute atomic E-state index is 12.8. The van der Waals surface area contributed by atoms with Gasteiger partial charge in [0.1, 0.15) is 0 Å². The van der Waals surface area contributed by atoms with E-state index < -0.39 is 54.5 Å². The van der Waals surface area contributed by atoms with E-state index in [0.717, 1.165) is 0 Å². The molecular formula is C9H2F16O. The van der Waals surface area contributed by atoms with Crippen LogP contribution in [0.25, 0.3) is 0 Å². The van der Waals surface area contributed by atoms with E-state index in [4.69, 9.17) is 0 Å². The van der Waals surface area contributed by atoms with Crippen LogP contribution in [0.1, 0.15) is 0 Å². The molecule has 17 heteroatoms. The molecule has 0 aliphatic carbocycles. The Hall–Kier alpha value is -1.58. The molecule has 0 N–H and O–H groups in total. The predicted molar refractivity (Wildman–Crippen MR) is 47.1 cm³/mol. The van der Waals surface area contributed by atoms with Gasteiger partial charge in [-0.3, -0.25) is 0 Å². The molecule has 0 saturated carbocycles. The van der Waals surface area contributed by atoms with Gasteiger partial charge in [-0.2, -0.15) is 70.2 Å². The molecule has 0 saturated heterocycles. The maximum atomic E-state index is 12.8. The SMILES string of the molecule is FC(OCC(F)(F)C(F)(F)F)=C(F)C(F)(F)C(F)(F)C(F)(F)C(F)(F)F. The Bertz CT molecular complexity index is 537. The number of hydrogen-bond donors (Lipinski definition) is 0. The number of hydrogen-bond acceptors (Lipinski definition) is 1. The van der Waals surface area contributed by atoms with Crippen molar-refractivity contribution in [1.29, 1.82) is 0 Å². The van der Waals surface area contributed by atoms with Gasteiger partial charge >= 0.3 is 42.1 Å². The van der Waals surface area contributed by atoms with Crippen LogP contribution in [0.3, 0.4) is 0 Å². The van der Waals surface area contributed by atoms with Crippen molar-refractivity contribution in [2.45, 2.75) is 36.0 Å². The first-order chi connectivity index (χ1) is 11.0. The van der Waals surface area contributed by atoms with Crippen molar-refractivity contribution in [2.75, 3.05) is 6.61 Å². The number of halogens is 16. The molecule has 1 nitrogen and oxygen atoms in total. The van der Waals surface area contributed by atoms with E-state index in [1.54, 1.807) is 0 Å². The van der Waals surface area contributed by atoms with E-state index in [-0.39, 0.29) is 0 Å². The lowest BCUT2D eigenvalue weighted by molar-refractivity contribution is -0.392. The van der Waals surface area contributed by atoms with Gasteiger partial charge in [0.25, 0.3) is 0 Å². The molecule has 0 aromatic carbocycles. The van der Waals surface area contributed by atoms with Crippen molar-refractivity contribution in [1.82, 2.24) is 0 Å². The van der Waals surface area contributed by atoms with Gasteiger partial charge in [0.05, 0.1) is 0 Å². The van der Waals surface area contributed by atoms with E-state index in [1.165, 1.54) is 0 Å².